The lowest BCUT2D eigenvalue weighted by molar-refractivity contribution is -0.134. The van der Waals surface area contributed by atoms with E-state index in [1.807, 2.05) is 49.2 Å². The predicted molar refractivity (Wildman–Crippen MR) is 104 cm³/mol. The van der Waals surface area contributed by atoms with Gasteiger partial charge in [-0.05, 0) is 48.5 Å². The van der Waals surface area contributed by atoms with Crippen LogP contribution in [-0.2, 0) is 9.53 Å². The summed E-state index contributed by atoms with van der Waals surface area (Å²) in [7, 11) is 0. The summed E-state index contributed by atoms with van der Waals surface area (Å²) in [6, 6.07) is -0.548. The van der Waals surface area contributed by atoms with Crippen molar-refractivity contribution in [3.05, 3.63) is 0 Å². The second kappa shape index (κ2) is 7.59. The number of ether oxygens (including phenoxy) is 1. The Morgan fingerprint density at radius 3 is 2.56 bits per heavy atom. The zero-order valence-corrected chi connectivity index (χ0v) is 17.1. The summed E-state index contributed by atoms with van der Waals surface area (Å²) >= 11 is 4.01. The summed E-state index contributed by atoms with van der Waals surface area (Å²) in [5.74, 6) is 2.92. The van der Waals surface area contributed by atoms with Crippen LogP contribution in [0.5, 0.6) is 0 Å². The van der Waals surface area contributed by atoms with E-state index in [1.54, 1.807) is 0 Å². The highest BCUT2D eigenvalue weighted by Gasteiger charge is 2.45. The monoisotopic (exact) mass is 386 g/mol. The molecule has 7 heteroatoms. The van der Waals surface area contributed by atoms with Crippen LogP contribution in [-0.4, -0.2) is 58.2 Å². The zero-order valence-electron chi connectivity index (χ0n) is 15.5. The third kappa shape index (κ3) is 5.00. The molecule has 25 heavy (non-hydrogen) atoms. The number of hydrogen-bond donors (Lipinski definition) is 1. The minimum absolute atomic E-state index is 0.0273. The van der Waals surface area contributed by atoms with Gasteiger partial charge in [-0.3, -0.25) is 4.79 Å². The van der Waals surface area contributed by atoms with Gasteiger partial charge in [-0.1, -0.05) is 20.8 Å². The molecule has 0 bridgehead atoms. The van der Waals surface area contributed by atoms with E-state index in [-0.39, 0.29) is 15.4 Å². The smallest absolute Gasteiger partial charge is 0.407 e. The average molecular weight is 387 g/mol. The van der Waals surface area contributed by atoms with E-state index in [9.17, 15) is 9.59 Å². The van der Waals surface area contributed by atoms with Gasteiger partial charge >= 0.3 is 6.09 Å². The molecule has 2 heterocycles. The second-order valence-corrected chi connectivity index (χ2v) is 11.7. The average Bonchev–Trinajstić information content (AvgIpc) is 3.31. The molecule has 2 saturated heterocycles. The fraction of sp³-hybridized carbons (Fsp3) is 0.889. The lowest BCUT2D eigenvalue weighted by Gasteiger charge is -2.35. The van der Waals surface area contributed by atoms with Crippen LogP contribution < -0.4 is 5.32 Å². The van der Waals surface area contributed by atoms with Crippen LogP contribution in [0.1, 0.15) is 46.5 Å². The van der Waals surface area contributed by atoms with Crippen molar-refractivity contribution in [2.24, 2.45) is 11.3 Å². The van der Waals surface area contributed by atoms with Crippen molar-refractivity contribution in [1.82, 2.24) is 10.2 Å². The summed E-state index contributed by atoms with van der Waals surface area (Å²) in [4.78, 5) is 27.2. The van der Waals surface area contributed by atoms with Crippen molar-refractivity contribution in [2.45, 2.75) is 56.6 Å². The Morgan fingerprint density at radius 2 is 1.96 bits per heavy atom. The lowest BCUT2D eigenvalue weighted by atomic mass is 9.86. The fourth-order valence-corrected chi connectivity index (χ4v) is 6.57. The van der Waals surface area contributed by atoms with E-state index >= 15 is 0 Å². The molecule has 3 fully saturated rings. The molecular formula is C18H30N2O3S2. The third-order valence-corrected chi connectivity index (χ3v) is 8.46. The largest absolute Gasteiger partial charge is 0.449 e. The molecule has 1 spiro atoms. The Balaban J connectivity index is 1.60. The molecule has 1 aliphatic carbocycles. The summed E-state index contributed by atoms with van der Waals surface area (Å²) in [6.07, 6.45) is 4.11. The van der Waals surface area contributed by atoms with Crippen LogP contribution in [0.25, 0.3) is 0 Å². The van der Waals surface area contributed by atoms with Gasteiger partial charge in [0.2, 0.25) is 5.91 Å². The first kappa shape index (κ1) is 19.2. The number of thioether (sulfide) groups is 2. The predicted octanol–water partition coefficient (Wildman–Crippen LogP) is 3.34. The molecule has 0 aromatic rings. The molecule has 1 unspecified atom stereocenters. The molecular weight excluding hydrogens is 356 g/mol. The van der Waals surface area contributed by atoms with Crippen molar-refractivity contribution in [3.63, 3.8) is 0 Å². The van der Waals surface area contributed by atoms with Gasteiger partial charge in [-0.25, -0.2) is 4.79 Å². The standard InChI is InChI=1S/C18H30N2O3S2/c1-17(2,3)14(19-16(22)23-11-13-5-6-13)15(21)20-8-7-18(12-20)24-9-4-10-25-18/h13-14H,4-12H2,1-3H3,(H,19,22). The number of rotatable bonds is 4. The number of nitrogens with one attached hydrogen (secondary N) is 1. The molecule has 1 atom stereocenters. The number of alkyl carbamates (subject to hydrolysis) is 1. The van der Waals surface area contributed by atoms with Crippen molar-refractivity contribution in [1.29, 1.82) is 0 Å². The number of hydrogen-bond acceptors (Lipinski definition) is 5. The lowest BCUT2D eigenvalue weighted by Crippen LogP contribution is -2.54. The van der Waals surface area contributed by atoms with Gasteiger partial charge in [0, 0.05) is 13.1 Å². The number of nitrogens with zero attached hydrogens (tertiary/aromatic N) is 1. The Bertz CT molecular complexity index is 511. The minimum atomic E-state index is -0.548. The number of carbonyl (C=O) groups is 2. The van der Waals surface area contributed by atoms with Crippen LogP contribution in [0.4, 0.5) is 4.79 Å². The zero-order chi connectivity index (χ0) is 18.1. The van der Waals surface area contributed by atoms with E-state index in [0.717, 1.165) is 32.4 Å². The maximum Gasteiger partial charge on any atom is 0.407 e. The molecule has 0 radical (unpaired) electrons. The maximum atomic E-state index is 13.1. The van der Waals surface area contributed by atoms with Crippen molar-refractivity contribution in [2.75, 3.05) is 31.2 Å². The molecule has 2 aliphatic heterocycles. The first-order valence-electron chi connectivity index (χ1n) is 9.29. The third-order valence-electron chi connectivity index (χ3n) is 5.05. The molecule has 1 saturated carbocycles. The van der Waals surface area contributed by atoms with Crippen molar-refractivity contribution >= 4 is 35.5 Å². The van der Waals surface area contributed by atoms with Gasteiger partial charge in [0.05, 0.1) is 10.7 Å². The van der Waals surface area contributed by atoms with E-state index in [4.69, 9.17) is 4.74 Å². The Hall–Kier alpha value is -0.560. The topological polar surface area (TPSA) is 58.6 Å². The first-order chi connectivity index (χ1) is 11.8. The fourth-order valence-electron chi connectivity index (χ4n) is 3.26. The molecule has 142 valence electrons. The maximum absolute atomic E-state index is 13.1. The molecule has 3 aliphatic rings. The number of carbonyl (C=O) groups excluding carboxylic acids is 2. The molecule has 3 rings (SSSR count). The van der Waals surface area contributed by atoms with E-state index in [0.29, 0.717) is 12.5 Å². The summed E-state index contributed by atoms with van der Waals surface area (Å²) in [6.45, 7) is 8.01. The molecule has 5 nitrogen and oxygen atoms in total. The highest BCUT2D eigenvalue weighted by molar-refractivity contribution is 8.18. The molecule has 0 aromatic heterocycles. The summed E-state index contributed by atoms with van der Waals surface area (Å²) in [5.41, 5.74) is -0.349. The van der Waals surface area contributed by atoms with Crippen molar-refractivity contribution < 1.29 is 14.3 Å². The molecule has 2 amide bonds. The van der Waals surface area contributed by atoms with Crippen LogP contribution >= 0.6 is 23.5 Å². The van der Waals surface area contributed by atoms with Crippen molar-refractivity contribution in [3.8, 4) is 0 Å². The first-order valence-corrected chi connectivity index (χ1v) is 11.3. The van der Waals surface area contributed by atoms with Gasteiger partial charge in [-0.2, -0.15) is 0 Å². The Labute approximate surface area is 159 Å². The Morgan fingerprint density at radius 1 is 1.28 bits per heavy atom. The second-order valence-electron chi connectivity index (χ2n) is 8.46. The highest BCUT2D eigenvalue weighted by Crippen LogP contribution is 2.48. The number of amides is 2. The summed E-state index contributed by atoms with van der Waals surface area (Å²) in [5, 5.41) is 2.84. The highest BCUT2D eigenvalue weighted by atomic mass is 32.2. The van der Waals surface area contributed by atoms with E-state index in [2.05, 4.69) is 5.32 Å². The van der Waals surface area contributed by atoms with Crippen LogP contribution in [0.15, 0.2) is 0 Å². The minimum Gasteiger partial charge on any atom is -0.449 e. The number of likely N-dealkylation sites (tertiary alicyclic amines) is 1. The van der Waals surface area contributed by atoms with Crippen LogP contribution in [0.3, 0.4) is 0 Å². The van der Waals surface area contributed by atoms with Gasteiger partial charge in [0.25, 0.3) is 0 Å². The van der Waals surface area contributed by atoms with Gasteiger partial charge in [0.15, 0.2) is 0 Å². The van der Waals surface area contributed by atoms with Crippen LogP contribution in [0, 0.1) is 11.3 Å². The van der Waals surface area contributed by atoms with E-state index < -0.39 is 12.1 Å². The van der Waals surface area contributed by atoms with Crippen LogP contribution in [0.2, 0.25) is 0 Å². The van der Waals surface area contributed by atoms with E-state index in [1.165, 1.54) is 17.9 Å². The van der Waals surface area contributed by atoms with Gasteiger partial charge in [-0.15, -0.1) is 23.5 Å². The van der Waals surface area contributed by atoms with Gasteiger partial charge < -0.3 is 15.0 Å². The SMILES string of the molecule is CC(C)(C)C(NC(=O)OCC1CC1)C(=O)N1CCC2(C1)SCCCS2. The molecule has 1 N–H and O–H groups in total. The molecule has 0 aromatic carbocycles. The van der Waals surface area contributed by atoms with Gasteiger partial charge in [0.1, 0.15) is 6.04 Å². The Kier molecular flexibility index (Phi) is 5.83. The summed E-state index contributed by atoms with van der Waals surface area (Å²) < 4.78 is 5.45. The quantitative estimate of drug-likeness (QED) is 0.803. The normalized spacial score (nSPS) is 24.2.